The van der Waals surface area contributed by atoms with Crippen LogP contribution >= 0.6 is 11.3 Å². The van der Waals surface area contributed by atoms with Gasteiger partial charge in [-0.1, -0.05) is 0 Å². The van der Waals surface area contributed by atoms with Gasteiger partial charge in [0.1, 0.15) is 17.2 Å². The molecule has 0 unspecified atom stereocenters. The first-order valence-corrected chi connectivity index (χ1v) is 7.13. The topological polar surface area (TPSA) is 39.7 Å². The first-order chi connectivity index (χ1) is 9.73. The molecule has 0 bridgehead atoms. The maximum absolute atomic E-state index is 5.49. The van der Waals surface area contributed by atoms with Gasteiger partial charge in [0.05, 0.1) is 26.9 Å². The molecule has 2 rings (SSSR count). The molecule has 0 radical (unpaired) electrons. The number of hydrogen-bond donors (Lipinski definition) is 1. The summed E-state index contributed by atoms with van der Waals surface area (Å²) in [7, 11) is 6.87. The van der Waals surface area contributed by atoms with Crippen LogP contribution in [0.3, 0.4) is 0 Å². The lowest BCUT2D eigenvalue weighted by Crippen LogP contribution is -2.03. The first-order valence-electron chi connectivity index (χ1n) is 6.25. The number of methoxy groups -OCH3 is 3. The highest BCUT2D eigenvalue weighted by Gasteiger charge is 2.16. The van der Waals surface area contributed by atoms with E-state index in [4.69, 9.17) is 14.2 Å². The minimum absolute atomic E-state index is 0.717. The van der Waals surface area contributed by atoms with Crippen molar-refractivity contribution in [2.24, 2.45) is 0 Å². The normalized spacial score (nSPS) is 10.4. The summed E-state index contributed by atoms with van der Waals surface area (Å²) >= 11 is 1.67. The van der Waals surface area contributed by atoms with Gasteiger partial charge < -0.3 is 19.5 Å². The second-order valence-electron chi connectivity index (χ2n) is 4.26. The van der Waals surface area contributed by atoms with Crippen molar-refractivity contribution in [2.45, 2.75) is 6.54 Å². The van der Waals surface area contributed by atoms with Crippen molar-refractivity contribution in [3.05, 3.63) is 29.1 Å². The van der Waals surface area contributed by atoms with E-state index in [1.54, 1.807) is 32.7 Å². The maximum atomic E-state index is 5.49. The zero-order valence-corrected chi connectivity index (χ0v) is 13.0. The van der Waals surface area contributed by atoms with Crippen LogP contribution in [0.4, 0.5) is 0 Å². The van der Waals surface area contributed by atoms with E-state index in [1.807, 2.05) is 19.2 Å². The van der Waals surface area contributed by atoms with Crippen LogP contribution in [-0.4, -0.2) is 28.4 Å². The first kappa shape index (κ1) is 14.7. The summed E-state index contributed by atoms with van der Waals surface area (Å²) in [5, 5.41) is 5.28. The standard InChI is InChI=1S/C15H19NO3S/c1-16-8-10-5-14(20-9-10)15-12(18-3)6-11(17-2)7-13(15)19-4/h5-7,9,16H,8H2,1-4H3. The molecule has 0 atom stereocenters. The Hall–Kier alpha value is -1.72. The summed E-state index contributed by atoms with van der Waals surface area (Å²) in [6, 6.07) is 5.89. The van der Waals surface area contributed by atoms with E-state index in [0.717, 1.165) is 34.2 Å². The zero-order chi connectivity index (χ0) is 14.5. The smallest absolute Gasteiger partial charge is 0.134 e. The van der Waals surface area contributed by atoms with Gasteiger partial charge in [-0.15, -0.1) is 11.3 Å². The fourth-order valence-corrected chi connectivity index (χ4v) is 3.02. The summed E-state index contributed by atoms with van der Waals surface area (Å²) in [4.78, 5) is 1.12. The van der Waals surface area contributed by atoms with Crippen molar-refractivity contribution in [3.63, 3.8) is 0 Å². The number of benzene rings is 1. The third-order valence-corrected chi connectivity index (χ3v) is 3.99. The van der Waals surface area contributed by atoms with E-state index < -0.39 is 0 Å². The molecule has 0 saturated carbocycles. The van der Waals surface area contributed by atoms with Crippen molar-refractivity contribution in [1.29, 1.82) is 0 Å². The predicted molar refractivity (Wildman–Crippen MR) is 82.2 cm³/mol. The van der Waals surface area contributed by atoms with Gasteiger partial charge in [0.25, 0.3) is 0 Å². The molecule has 0 saturated heterocycles. The highest BCUT2D eigenvalue weighted by molar-refractivity contribution is 7.13. The molecule has 2 aromatic rings. The zero-order valence-electron chi connectivity index (χ0n) is 12.1. The quantitative estimate of drug-likeness (QED) is 0.888. The average Bonchev–Trinajstić information content (AvgIpc) is 2.94. The van der Waals surface area contributed by atoms with E-state index in [2.05, 4.69) is 16.8 Å². The number of nitrogens with one attached hydrogen (secondary N) is 1. The summed E-state index contributed by atoms with van der Waals surface area (Å²) in [5.74, 6) is 2.22. The molecule has 1 aromatic carbocycles. The largest absolute Gasteiger partial charge is 0.496 e. The number of rotatable bonds is 6. The Morgan fingerprint density at radius 3 is 2.15 bits per heavy atom. The molecule has 0 fully saturated rings. The van der Waals surface area contributed by atoms with Gasteiger partial charge in [-0.2, -0.15) is 0 Å². The summed E-state index contributed by atoms with van der Waals surface area (Å²) < 4.78 is 16.2. The molecule has 5 heteroatoms. The maximum Gasteiger partial charge on any atom is 0.134 e. The van der Waals surface area contributed by atoms with Crippen LogP contribution in [0.5, 0.6) is 17.2 Å². The van der Waals surface area contributed by atoms with Gasteiger partial charge in [-0.25, -0.2) is 0 Å². The lowest BCUT2D eigenvalue weighted by atomic mass is 10.1. The van der Waals surface area contributed by atoms with Crippen molar-refractivity contribution < 1.29 is 14.2 Å². The SMILES string of the molecule is CNCc1csc(-c2c(OC)cc(OC)cc2OC)c1. The molecular formula is C15H19NO3S. The van der Waals surface area contributed by atoms with Crippen LogP contribution in [0.15, 0.2) is 23.6 Å². The fraction of sp³-hybridized carbons (Fsp3) is 0.333. The Labute approximate surface area is 123 Å². The minimum atomic E-state index is 0.717. The Kier molecular flexibility index (Phi) is 4.87. The van der Waals surface area contributed by atoms with Crippen LogP contribution in [0.1, 0.15) is 5.56 Å². The molecule has 0 aliphatic rings. The highest BCUT2D eigenvalue weighted by Crippen LogP contribution is 2.44. The second-order valence-corrected chi connectivity index (χ2v) is 5.17. The lowest BCUT2D eigenvalue weighted by Gasteiger charge is -2.13. The summed E-state index contributed by atoms with van der Waals surface area (Å²) in [6.45, 7) is 0.845. The monoisotopic (exact) mass is 293 g/mol. The van der Waals surface area contributed by atoms with Crippen LogP contribution in [0, 0.1) is 0 Å². The third-order valence-electron chi connectivity index (χ3n) is 3.00. The van der Waals surface area contributed by atoms with Crippen molar-refractivity contribution >= 4 is 11.3 Å². The molecule has 108 valence electrons. The Bertz CT molecular complexity index is 555. The number of hydrogen-bond acceptors (Lipinski definition) is 5. The highest BCUT2D eigenvalue weighted by atomic mass is 32.1. The Morgan fingerprint density at radius 1 is 1.00 bits per heavy atom. The summed E-state index contributed by atoms with van der Waals surface area (Å²) in [5.41, 5.74) is 2.20. The molecule has 0 aliphatic carbocycles. The van der Waals surface area contributed by atoms with Gasteiger partial charge in [-0.3, -0.25) is 0 Å². The van der Waals surface area contributed by atoms with E-state index in [9.17, 15) is 0 Å². The van der Waals surface area contributed by atoms with Crippen molar-refractivity contribution in [1.82, 2.24) is 5.32 Å². The van der Waals surface area contributed by atoms with Gasteiger partial charge >= 0.3 is 0 Å². The van der Waals surface area contributed by atoms with Crippen LogP contribution in [0.25, 0.3) is 10.4 Å². The second kappa shape index (κ2) is 6.63. The Balaban J connectivity index is 2.52. The molecule has 0 amide bonds. The molecule has 20 heavy (non-hydrogen) atoms. The molecule has 0 spiro atoms. The number of ether oxygens (including phenoxy) is 3. The average molecular weight is 293 g/mol. The molecule has 1 aromatic heterocycles. The van der Waals surface area contributed by atoms with Crippen LogP contribution < -0.4 is 19.5 Å². The lowest BCUT2D eigenvalue weighted by molar-refractivity contribution is 0.377. The van der Waals surface area contributed by atoms with E-state index in [1.165, 1.54) is 5.56 Å². The van der Waals surface area contributed by atoms with Gasteiger partial charge in [0, 0.05) is 23.6 Å². The molecule has 0 aliphatic heterocycles. The number of thiophene rings is 1. The van der Waals surface area contributed by atoms with E-state index in [-0.39, 0.29) is 0 Å². The molecule has 1 heterocycles. The fourth-order valence-electron chi connectivity index (χ4n) is 2.05. The third kappa shape index (κ3) is 2.89. The van der Waals surface area contributed by atoms with Crippen molar-refractivity contribution in [3.8, 4) is 27.7 Å². The van der Waals surface area contributed by atoms with Gasteiger partial charge in [0.15, 0.2) is 0 Å². The van der Waals surface area contributed by atoms with Gasteiger partial charge in [-0.05, 0) is 24.1 Å². The summed E-state index contributed by atoms with van der Waals surface area (Å²) in [6.07, 6.45) is 0. The van der Waals surface area contributed by atoms with Crippen LogP contribution in [0.2, 0.25) is 0 Å². The molecule has 1 N–H and O–H groups in total. The van der Waals surface area contributed by atoms with E-state index >= 15 is 0 Å². The minimum Gasteiger partial charge on any atom is -0.496 e. The molecular weight excluding hydrogens is 274 g/mol. The van der Waals surface area contributed by atoms with E-state index in [0.29, 0.717) is 0 Å². The Morgan fingerprint density at radius 2 is 1.65 bits per heavy atom. The predicted octanol–water partition coefficient (Wildman–Crippen LogP) is 3.16. The van der Waals surface area contributed by atoms with Gasteiger partial charge in [0.2, 0.25) is 0 Å². The molecule has 4 nitrogen and oxygen atoms in total. The van der Waals surface area contributed by atoms with Crippen molar-refractivity contribution in [2.75, 3.05) is 28.4 Å². The van der Waals surface area contributed by atoms with Crippen LogP contribution in [-0.2, 0) is 6.54 Å².